The average molecular weight is 619 g/mol. The summed E-state index contributed by atoms with van der Waals surface area (Å²) in [6.07, 6.45) is 4.74. The lowest BCUT2D eigenvalue weighted by molar-refractivity contribution is -0.131. The molecule has 0 bridgehead atoms. The summed E-state index contributed by atoms with van der Waals surface area (Å²) in [7, 11) is -1.69. The third kappa shape index (κ3) is 8.09. The van der Waals surface area contributed by atoms with Crippen LogP contribution in [0, 0.1) is 11.3 Å². The minimum absolute atomic E-state index is 0.00978. The van der Waals surface area contributed by atoms with E-state index in [0.29, 0.717) is 35.8 Å². The van der Waals surface area contributed by atoms with Crippen LogP contribution in [0.1, 0.15) is 72.9 Å². The number of methoxy groups -OCH3 is 1. The molecule has 43 heavy (non-hydrogen) atoms. The molecule has 2 aromatic rings. The molecule has 3 atom stereocenters. The molecule has 2 aromatic carbocycles. The van der Waals surface area contributed by atoms with Crippen LogP contribution in [0.3, 0.4) is 0 Å². The van der Waals surface area contributed by atoms with Crippen molar-refractivity contribution in [3.05, 3.63) is 59.2 Å². The van der Waals surface area contributed by atoms with Gasteiger partial charge in [-0.05, 0) is 73.6 Å². The van der Waals surface area contributed by atoms with E-state index >= 15 is 0 Å². The molecule has 4 rings (SSSR count). The zero-order chi connectivity index (χ0) is 31.1. The maximum atomic E-state index is 13.1. The number of benzene rings is 2. The van der Waals surface area contributed by atoms with E-state index in [-0.39, 0.29) is 47.4 Å². The highest BCUT2D eigenvalue weighted by Crippen LogP contribution is 2.36. The molecule has 2 unspecified atom stereocenters. The Kier molecular flexibility index (Phi) is 11.1. The molecule has 3 N–H and O–H groups in total. The molecule has 2 fully saturated rings. The second-order valence-corrected chi connectivity index (χ2v) is 13.5. The number of carbonyl (C=O) groups is 1. The van der Waals surface area contributed by atoms with Crippen LogP contribution in [-0.4, -0.2) is 71.2 Å². The van der Waals surface area contributed by atoms with Gasteiger partial charge in [-0.1, -0.05) is 19.1 Å². The maximum Gasteiger partial charge on any atom is 0.345 e. The van der Waals surface area contributed by atoms with Crippen molar-refractivity contribution >= 4 is 21.4 Å². The number of hydrogen-bond acceptors (Lipinski definition) is 8. The first-order valence-electron chi connectivity index (χ1n) is 14.6. The lowest BCUT2D eigenvalue weighted by Gasteiger charge is -2.31. The first-order chi connectivity index (χ1) is 20.6. The number of carbonyl (C=O) groups excluding carboxylic acids is 1. The summed E-state index contributed by atoms with van der Waals surface area (Å²) in [4.78, 5) is 14.7. The second kappa shape index (κ2) is 14.6. The summed E-state index contributed by atoms with van der Waals surface area (Å²) in [5.41, 5.74) is 7.85. The summed E-state index contributed by atoms with van der Waals surface area (Å²) in [6.45, 7) is -0.959. The first-order valence-corrected chi connectivity index (χ1v) is 16.3. The Morgan fingerprint density at radius 3 is 2.42 bits per heavy atom. The number of alkyl halides is 2. The topological polar surface area (TPSA) is 135 Å². The number of nitriles is 1. The van der Waals surface area contributed by atoms with E-state index < -0.39 is 28.3 Å². The van der Waals surface area contributed by atoms with Crippen LogP contribution in [0.2, 0.25) is 0 Å². The second-order valence-electron chi connectivity index (χ2n) is 11.2. The van der Waals surface area contributed by atoms with Crippen LogP contribution < -0.4 is 16.0 Å². The SMILES string of the molecule is CCS(=O)(=O)c1ccc([C@H](CC#N)c2cc(N3CC(NC4CCC(OC)CC4)CC3COC(F)F)ccc2C(N)=O)cc1. The highest BCUT2D eigenvalue weighted by molar-refractivity contribution is 7.91. The maximum absolute atomic E-state index is 13.1. The quantitative estimate of drug-likeness (QED) is 0.338. The Morgan fingerprint density at radius 2 is 1.84 bits per heavy atom. The number of ether oxygens (including phenoxy) is 2. The molecule has 12 heteroatoms. The van der Waals surface area contributed by atoms with Gasteiger partial charge in [-0.2, -0.15) is 14.0 Å². The Bertz CT molecular complexity index is 1390. The predicted octanol–water partition coefficient (Wildman–Crippen LogP) is 4.36. The van der Waals surface area contributed by atoms with E-state index in [1.165, 1.54) is 12.1 Å². The van der Waals surface area contributed by atoms with Gasteiger partial charge in [-0.3, -0.25) is 4.79 Å². The Balaban J connectivity index is 1.65. The van der Waals surface area contributed by atoms with Crippen molar-refractivity contribution < 1.29 is 31.5 Å². The fourth-order valence-corrected chi connectivity index (χ4v) is 7.19. The van der Waals surface area contributed by atoms with Crippen molar-refractivity contribution in [2.24, 2.45) is 5.73 Å². The van der Waals surface area contributed by atoms with Crippen molar-refractivity contribution in [2.45, 2.75) is 87.1 Å². The standard InChI is InChI=1S/C31H40F2N4O5S/c1-3-43(39,40)26-11-4-20(5-12-26)27(14-15-34)29-17-23(8-13-28(29)30(35)38)37-18-22(16-24(37)19-42-31(32)33)36-21-6-9-25(41-2)10-7-21/h4-5,8,11-13,17,21-22,24-25,27,31,36H,3,6-7,9-10,14,16,18-19H2,1-2H3,(H2,35,38)/t21?,22?,24?,25?,27-/m0/s1. The number of primary amides is 1. The highest BCUT2D eigenvalue weighted by Gasteiger charge is 2.35. The number of anilines is 1. The molecule has 0 spiro atoms. The van der Waals surface area contributed by atoms with Crippen LogP contribution in [0.4, 0.5) is 14.5 Å². The molecule has 234 valence electrons. The summed E-state index contributed by atoms with van der Waals surface area (Å²) in [5, 5.41) is 13.4. The molecule has 0 radical (unpaired) electrons. The Labute approximate surface area is 252 Å². The highest BCUT2D eigenvalue weighted by atomic mass is 32.2. The minimum atomic E-state index is -3.42. The molecule has 9 nitrogen and oxygen atoms in total. The third-order valence-corrected chi connectivity index (χ3v) is 10.4. The van der Waals surface area contributed by atoms with Gasteiger partial charge in [0.2, 0.25) is 5.91 Å². The molecule has 1 aliphatic carbocycles. The van der Waals surface area contributed by atoms with Crippen molar-refractivity contribution in [2.75, 3.05) is 30.9 Å². The number of hydrogen-bond donors (Lipinski definition) is 2. The number of halogens is 2. The van der Waals surface area contributed by atoms with Crippen molar-refractivity contribution in [3.63, 3.8) is 0 Å². The zero-order valence-electron chi connectivity index (χ0n) is 24.5. The molecule has 1 saturated carbocycles. The normalized spacial score (nSPS) is 23.3. The zero-order valence-corrected chi connectivity index (χ0v) is 25.4. The van der Waals surface area contributed by atoms with Gasteiger partial charge in [0.05, 0.1) is 35.5 Å². The van der Waals surface area contributed by atoms with Crippen molar-refractivity contribution in [3.8, 4) is 6.07 Å². The predicted molar refractivity (Wildman–Crippen MR) is 159 cm³/mol. The number of sulfone groups is 1. The van der Waals surface area contributed by atoms with Crippen LogP contribution in [0.25, 0.3) is 0 Å². The van der Waals surface area contributed by atoms with E-state index in [9.17, 15) is 27.3 Å². The molecular weight excluding hydrogens is 578 g/mol. The van der Waals surface area contributed by atoms with Gasteiger partial charge in [-0.25, -0.2) is 8.42 Å². The summed E-state index contributed by atoms with van der Waals surface area (Å²) >= 11 is 0. The number of nitrogens with one attached hydrogen (secondary N) is 1. The number of rotatable bonds is 13. The molecule has 1 heterocycles. The molecule has 0 aromatic heterocycles. The van der Waals surface area contributed by atoms with Crippen LogP contribution in [-0.2, 0) is 19.3 Å². The lowest BCUT2D eigenvalue weighted by atomic mass is 9.85. The molecular formula is C31H40F2N4O5S. The van der Waals surface area contributed by atoms with Gasteiger partial charge in [0, 0.05) is 49.3 Å². The van der Waals surface area contributed by atoms with Crippen LogP contribution in [0.15, 0.2) is 47.4 Å². The van der Waals surface area contributed by atoms with Crippen LogP contribution in [0.5, 0.6) is 0 Å². The molecule has 2 aliphatic rings. The van der Waals surface area contributed by atoms with E-state index in [1.54, 1.807) is 44.4 Å². The molecule has 1 aliphatic heterocycles. The molecule has 1 amide bonds. The van der Waals surface area contributed by atoms with Gasteiger partial charge in [0.15, 0.2) is 9.84 Å². The van der Waals surface area contributed by atoms with Gasteiger partial charge in [0.25, 0.3) is 0 Å². The van der Waals surface area contributed by atoms with Gasteiger partial charge in [-0.15, -0.1) is 0 Å². The first kappa shape index (κ1) is 32.8. The van der Waals surface area contributed by atoms with Crippen molar-refractivity contribution in [1.82, 2.24) is 5.32 Å². The fourth-order valence-electron chi connectivity index (χ4n) is 6.31. The van der Waals surface area contributed by atoms with E-state index in [4.69, 9.17) is 15.2 Å². The van der Waals surface area contributed by atoms with Gasteiger partial charge >= 0.3 is 6.61 Å². The lowest BCUT2D eigenvalue weighted by Crippen LogP contribution is -2.42. The van der Waals surface area contributed by atoms with Gasteiger partial charge in [0.1, 0.15) is 0 Å². The smallest absolute Gasteiger partial charge is 0.345 e. The fraction of sp³-hybridized carbons (Fsp3) is 0.548. The van der Waals surface area contributed by atoms with Crippen molar-refractivity contribution in [1.29, 1.82) is 5.26 Å². The van der Waals surface area contributed by atoms with E-state index in [0.717, 1.165) is 25.7 Å². The Hall–Kier alpha value is -3.11. The summed E-state index contributed by atoms with van der Waals surface area (Å²) in [6, 6.07) is 13.6. The average Bonchev–Trinajstić information content (AvgIpc) is 3.41. The minimum Gasteiger partial charge on any atom is -0.381 e. The van der Waals surface area contributed by atoms with Crippen LogP contribution >= 0.6 is 0 Å². The largest absolute Gasteiger partial charge is 0.381 e. The number of amides is 1. The number of nitrogens with zero attached hydrogens (tertiary/aromatic N) is 2. The summed E-state index contributed by atoms with van der Waals surface area (Å²) < 4.78 is 61.1. The summed E-state index contributed by atoms with van der Waals surface area (Å²) in [5.74, 6) is -1.28. The van der Waals surface area contributed by atoms with Gasteiger partial charge < -0.3 is 25.4 Å². The monoisotopic (exact) mass is 618 g/mol. The number of nitrogens with two attached hydrogens (primary N) is 1. The van der Waals surface area contributed by atoms with E-state index in [2.05, 4.69) is 11.4 Å². The van der Waals surface area contributed by atoms with E-state index in [1.807, 2.05) is 4.90 Å². The molecule has 1 saturated heterocycles. The Morgan fingerprint density at radius 1 is 1.14 bits per heavy atom. The third-order valence-electron chi connectivity index (χ3n) is 8.63.